The minimum absolute atomic E-state index is 0.0359. The highest BCUT2D eigenvalue weighted by Crippen LogP contribution is 2.44. The summed E-state index contributed by atoms with van der Waals surface area (Å²) in [6, 6.07) is 12.1. The van der Waals surface area contributed by atoms with E-state index in [4.69, 9.17) is 10.00 Å². The third-order valence-electron chi connectivity index (χ3n) is 6.78. The Bertz CT molecular complexity index is 1100. The van der Waals surface area contributed by atoms with Crippen LogP contribution in [0.3, 0.4) is 0 Å². The summed E-state index contributed by atoms with van der Waals surface area (Å²) in [4.78, 5) is 16.6. The van der Waals surface area contributed by atoms with Gasteiger partial charge in [0.15, 0.2) is 0 Å². The summed E-state index contributed by atoms with van der Waals surface area (Å²) in [5, 5.41) is 19.4. The number of rotatable bonds is 4. The SMILES string of the molecule is COc1cccc(C(=O)N2C[C@H]3CCN(c4ccc(C#N)c(C(F)(F)F)c4)C[C@@]3(CO)C2)c1. The molecular weight excluding hydrogens is 435 g/mol. The van der Waals surface area contributed by atoms with Crippen LogP contribution >= 0.6 is 0 Å². The number of ether oxygens (including phenoxy) is 1. The van der Waals surface area contributed by atoms with Crippen molar-refractivity contribution in [3.63, 3.8) is 0 Å². The molecule has 0 radical (unpaired) electrons. The first kappa shape index (κ1) is 22.9. The maximum absolute atomic E-state index is 13.4. The maximum Gasteiger partial charge on any atom is 0.417 e. The molecule has 2 saturated heterocycles. The average molecular weight is 459 g/mol. The van der Waals surface area contributed by atoms with Crippen LogP contribution in [0.2, 0.25) is 0 Å². The number of carbonyl (C=O) groups excluding carboxylic acids is 1. The van der Waals surface area contributed by atoms with Gasteiger partial charge in [-0.25, -0.2) is 0 Å². The Morgan fingerprint density at radius 1 is 1.27 bits per heavy atom. The molecule has 1 amide bonds. The molecule has 2 aromatic carbocycles. The number of nitrogens with zero attached hydrogens (tertiary/aromatic N) is 3. The third-order valence-corrected chi connectivity index (χ3v) is 6.78. The number of piperidine rings is 1. The predicted molar refractivity (Wildman–Crippen MR) is 115 cm³/mol. The lowest BCUT2D eigenvalue weighted by Gasteiger charge is -2.44. The van der Waals surface area contributed by atoms with Gasteiger partial charge in [-0.3, -0.25) is 4.79 Å². The van der Waals surface area contributed by atoms with E-state index in [2.05, 4.69) is 0 Å². The van der Waals surface area contributed by atoms with E-state index in [1.54, 1.807) is 35.2 Å². The van der Waals surface area contributed by atoms with Gasteiger partial charge in [0.05, 0.1) is 30.9 Å². The molecule has 0 aromatic heterocycles. The van der Waals surface area contributed by atoms with Gasteiger partial charge >= 0.3 is 6.18 Å². The first-order valence-electron chi connectivity index (χ1n) is 10.6. The van der Waals surface area contributed by atoms with Gasteiger partial charge in [-0.1, -0.05) is 6.07 Å². The second-order valence-electron chi connectivity index (χ2n) is 8.68. The van der Waals surface area contributed by atoms with E-state index in [9.17, 15) is 23.1 Å². The molecule has 4 rings (SSSR count). The fourth-order valence-electron chi connectivity index (χ4n) is 4.98. The van der Waals surface area contributed by atoms with Gasteiger partial charge in [0.1, 0.15) is 5.75 Å². The summed E-state index contributed by atoms with van der Waals surface area (Å²) in [6.45, 7) is 1.42. The summed E-state index contributed by atoms with van der Waals surface area (Å²) in [5.41, 5.74) is -1.19. The molecule has 2 aromatic rings. The molecule has 6 nitrogen and oxygen atoms in total. The van der Waals surface area contributed by atoms with Crippen molar-refractivity contribution in [1.29, 1.82) is 5.26 Å². The Kier molecular flexibility index (Phi) is 5.97. The van der Waals surface area contributed by atoms with Crippen molar-refractivity contribution < 1.29 is 27.8 Å². The highest BCUT2D eigenvalue weighted by Gasteiger charge is 2.51. The summed E-state index contributed by atoms with van der Waals surface area (Å²) < 4.78 is 45.5. The zero-order chi connectivity index (χ0) is 23.8. The third kappa shape index (κ3) is 4.23. The average Bonchev–Trinajstić information content (AvgIpc) is 3.22. The van der Waals surface area contributed by atoms with Crippen molar-refractivity contribution in [3.8, 4) is 11.8 Å². The number of hydrogen-bond donors (Lipinski definition) is 1. The standard InChI is InChI=1S/C24H24F3N3O3/c1-33-20-4-2-3-16(9-20)22(32)30-12-18-7-8-29(13-23(18,14-30)15-31)19-6-5-17(11-28)21(10-19)24(25,26)27/h2-6,9-10,18,31H,7-8,12-15H2,1H3/t18-,23+/m1/s1. The first-order chi connectivity index (χ1) is 15.7. The van der Waals surface area contributed by atoms with E-state index in [0.29, 0.717) is 49.6 Å². The Balaban J connectivity index is 1.57. The number of aliphatic hydroxyl groups excluding tert-OH is 1. The highest BCUT2D eigenvalue weighted by atomic mass is 19.4. The second-order valence-corrected chi connectivity index (χ2v) is 8.68. The van der Waals surface area contributed by atoms with Crippen LogP contribution in [0.5, 0.6) is 5.75 Å². The molecule has 2 fully saturated rings. The molecule has 2 aliphatic rings. The molecule has 1 N–H and O–H groups in total. The Labute approximate surface area is 189 Å². The van der Waals surface area contributed by atoms with Crippen LogP contribution in [0.15, 0.2) is 42.5 Å². The summed E-state index contributed by atoms with van der Waals surface area (Å²) in [5.74, 6) is 0.441. The number of alkyl halides is 3. The van der Waals surface area contributed by atoms with Crippen molar-refractivity contribution in [2.75, 3.05) is 44.8 Å². The van der Waals surface area contributed by atoms with Crippen LogP contribution in [0.4, 0.5) is 18.9 Å². The zero-order valence-corrected chi connectivity index (χ0v) is 18.1. The molecule has 9 heteroatoms. The predicted octanol–water partition coefficient (Wildman–Crippen LogP) is 3.55. The number of likely N-dealkylation sites (tertiary alicyclic amines) is 1. The van der Waals surface area contributed by atoms with Gasteiger partial charge in [-0.2, -0.15) is 18.4 Å². The van der Waals surface area contributed by atoms with E-state index in [1.807, 2.05) is 4.90 Å². The molecule has 0 spiro atoms. The Hall–Kier alpha value is -3.25. The number of carbonyl (C=O) groups is 1. The van der Waals surface area contributed by atoms with E-state index in [-0.39, 0.29) is 18.4 Å². The fraction of sp³-hybridized carbons (Fsp3) is 0.417. The fourth-order valence-corrected chi connectivity index (χ4v) is 4.98. The van der Waals surface area contributed by atoms with Crippen LogP contribution < -0.4 is 9.64 Å². The number of benzene rings is 2. The summed E-state index contributed by atoms with van der Waals surface area (Å²) in [7, 11) is 1.52. The summed E-state index contributed by atoms with van der Waals surface area (Å²) >= 11 is 0. The molecule has 2 aliphatic heterocycles. The normalized spacial score (nSPS) is 22.6. The molecule has 0 saturated carbocycles. The largest absolute Gasteiger partial charge is 0.497 e. The van der Waals surface area contributed by atoms with E-state index in [1.165, 1.54) is 19.2 Å². The Morgan fingerprint density at radius 2 is 2.06 bits per heavy atom. The van der Waals surface area contributed by atoms with Crippen molar-refractivity contribution in [1.82, 2.24) is 4.90 Å². The first-order valence-corrected chi connectivity index (χ1v) is 10.6. The molecule has 174 valence electrons. The number of nitriles is 1. The van der Waals surface area contributed by atoms with E-state index < -0.39 is 22.7 Å². The number of fused-ring (bicyclic) bond motifs is 1. The number of methoxy groups -OCH3 is 1. The number of aliphatic hydroxyl groups is 1. The molecular formula is C24H24F3N3O3. The number of halogens is 3. The molecule has 0 bridgehead atoms. The van der Waals surface area contributed by atoms with Crippen LogP contribution in [0.1, 0.15) is 27.9 Å². The van der Waals surface area contributed by atoms with Crippen LogP contribution in [-0.4, -0.2) is 55.8 Å². The lowest BCUT2D eigenvalue weighted by atomic mass is 9.74. The van der Waals surface area contributed by atoms with Crippen LogP contribution in [0.25, 0.3) is 0 Å². The van der Waals surface area contributed by atoms with Gasteiger partial charge in [-0.05, 0) is 48.7 Å². The number of amides is 1. The molecule has 2 atom stereocenters. The van der Waals surface area contributed by atoms with Gasteiger partial charge in [0.2, 0.25) is 0 Å². The zero-order valence-electron chi connectivity index (χ0n) is 18.1. The van der Waals surface area contributed by atoms with Crippen molar-refractivity contribution in [2.24, 2.45) is 11.3 Å². The Morgan fingerprint density at radius 3 is 2.73 bits per heavy atom. The van der Waals surface area contributed by atoms with E-state index >= 15 is 0 Å². The molecule has 33 heavy (non-hydrogen) atoms. The van der Waals surface area contributed by atoms with Crippen LogP contribution in [0, 0.1) is 22.7 Å². The topological polar surface area (TPSA) is 76.8 Å². The monoisotopic (exact) mass is 459 g/mol. The van der Waals surface area contributed by atoms with Gasteiger partial charge in [0, 0.05) is 42.8 Å². The van der Waals surface area contributed by atoms with Crippen LogP contribution in [-0.2, 0) is 6.18 Å². The smallest absolute Gasteiger partial charge is 0.417 e. The van der Waals surface area contributed by atoms with Crippen molar-refractivity contribution in [3.05, 3.63) is 59.2 Å². The molecule has 0 unspecified atom stereocenters. The van der Waals surface area contributed by atoms with Crippen molar-refractivity contribution >= 4 is 11.6 Å². The highest BCUT2D eigenvalue weighted by molar-refractivity contribution is 5.95. The van der Waals surface area contributed by atoms with E-state index in [0.717, 1.165) is 6.07 Å². The lowest BCUT2D eigenvalue weighted by molar-refractivity contribution is -0.137. The molecule has 0 aliphatic carbocycles. The minimum Gasteiger partial charge on any atom is -0.497 e. The van der Waals surface area contributed by atoms with Crippen molar-refractivity contribution in [2.45, 2.75) is 12.6 Å². The number of hydrogen-bond acceptors (Lipinski definition) is 5. The van der Waals surface area contributed by atoms with Gasteiger partial charge < -0.3 is 19.6 Å². The summed E-state index contributed by atoms with van der Waals surface area (Å²) in [6.07, 6.45) is -4.01. The van der Waals surface area contributed by atoms with Gasteiger partial charge in [0.25, 0.3) is 5.91 Å². The molecule has 2 heterocycles. The minimum atomic E-state index is -4.64. The lowest BCUT2D eigenvalue weighted by Crippen LogP contribution is -2.51. The maximum atomic E-state index is 13.4. The number of anilines is 1. The van der Waals surface area contributed by atoms with Gasteiger partial charge in [-0.15, -0.1) is 0 Å². The second kappa shape index (κ2) is 8.60. The quantitative estimate of drug-likeness (QED) is 0.757.